The number of rotatable bonds is 2. The Balaban J connectivity index is 2.44. The van der Waals surface area contributed by atoms with Crippen LogP contribution in [0.15, 0.2) is 36.8 Å². The average molecular weight is 220 g/mol. The van der Waals surface area contributed by atoms with Crippen LogP contribution in [0.25, 0.3) is 5.82 Å². The van der Waals surface area contributed by atoms with E-state index in [9.17, 15) is 0 Å². The van der Waals surface area contributed by atoms with Gasteiger partial charge in [-0.3, -0.25) is 0 Å². The third kappa shape index (κ3) is 2.24. The van der Waals surface area contributed by atoms with Crippen LogP contribution in [-0.4, -0.2) is 34.8 Å². The molecule has 0 saturated heterocycles. The van der Waals surface area contributed by atoms with Crippen molar-refractivity contribution >= 4 is 12.6 Å². The summed E-state index contributed by atoms with van der Waals surface area (Å²) in [7, 11) is -0.978. The van der Waals surface area contributed by atoms with E-state index in [-0.39, 0.29) is 0 Å². The van der Waals surface area contributed by atoms with Crippen molar-refractivity contribution in [1.29, 1.82) is 0 Å². The molecule has 0 radical (unpaired) electrons. The minimum absolute atomic E-state index is 0.896. The molecule has 0 aliphatic carbocycles. The normalized spacial score (nSPS) is 11.7. The lowest BCUT2D eigenvalue weighted by atomic mass is 10.4. The lowest BCUT2D eigenvalue weighted by Gasteiger charge is -2.12. The van der Waals surface area contributed by atoms with E-state index >= 15 is 0 Å². The molecule has 0 N–H and O–H groups in total. The van der Waals surface area contributed by atoms with Gasteiger partial charge in [0.25, 0.3) is 0 Å². The molecule has 0 unspecified atom stereocenters. The predicted octanol–water partition coefficient (Wildman–Crippen LogP) is 1.80. The maximum absolute atomic E-state index is 4.31. The summed E-state index contributed by atoms with van der Waals surface area (Å²) in [6.45, 7) is 6.90. The Bertz CT molecular complexity index is 443. The molecule has 2 rings (SSSR count). The Morgan fingerprint density at radius 3 is 2.60 bits per heavy atom. The van der Waals surface area contributed by atoms with Crippen molar-refractivity contribution in [2.75, 3.05) is 20.0 Å². The molecule has 0 aliphatic rings. The first kappa shape index (κ1) is 10.3. The van der Waals surface area contributed by atoms with Gasteiger partial charge in [-0.1, -0.05) is 0 Å². The fraction of sp³-hybridized carbons (Fsp3) is 0.273. The summed E-state index contributed by atoms with van der Waals surface area (Å²) in [4.78, 5) is 4.31. The zero-order chi connectivity index (χ0) is 10.9. The molecule has 0 aromatic carbocycles. The molecule has 2 aromatic rings. The van der Waals surface area contributed by atoms with E-state index in [0.717, 1.165) is 5.82 Å². The third-order valence-electron chi connectivity index (χ3n) is 2.24. The predicted molar refractivity (Wildman–Crippen MR) is 65.7 cm³/mol. The highest BCUT2D eigenvalue weighted by Gasteiger charge is 2.21. The van der Waals surface area contributed by atoms with Crippen molar-refractivity contribution in [1.82, 2.24) is 14.8 Å². The van der Waals surface area contributed by atoms with E-state index in [4.69, 9.17) is 0 Å². The minimum atomic E-state index is -0.978. The van der Waals surface area contributed by atoms with Crippen LogP contribution in [-0.2, 0) is 0 Å². The molecule has 15 heavy (non-hydrogen) atoms. The monoisotopic (exact) mass is 220 g/mol. The smallest absolute Gasteiger partial charge is 0.157 e. The summed E-state index contributed by atoms with van der Waals surface area (Å²) in [5.74, 6) is 0.896. The molecule has 0 fully saturated rings. The Morgan fingerprint density at radius 1 is 1.20 bits per heavy atom. The fourth-order valence-electron chi connectivity index (χ4n) is 1.35. The number of pyridine rings is 1. The summed E-state index contributed by atoms with van der Waals surface area (Å²) in [5.41, 5.74) is 0. The topological polar surface area (TPSA) is 30.7 Å². The van der Waals surface area contributed by atoms with Crippen LogP contribution < -0.4 is 5.30 Å². The van der Waals surface area contributed by atoms with E-state index in [1.807, 2.05) is 18.5 Å². The molecule has 3 nitrogen and oxygen atoms in total. The molecule has 0 amide bonds. The maximum Gasteiger partial charge on any atom is 0.157 e. The number of nitrogens with zero attached hydrogens (tertiary/aromatic N) is 3. The molecular weight excluding hydrogens is 205 g/mol. The lowest BCUT2D eigenvalue weighted by Crippen LogP contribution is -2.11. The van der Waals surface area contributed by atoms with Gasteiger partial charge < -0.3 is 0 Å². The minimum Gasteiger partial charge on any atom is -0.237 e. The summed E-state index contributed by atoms with van der Waals surface area (Å²) >= 11 is 0. The first-order chi connectivity index (χ1) is 7.07. The second kappa shape index (κ2) is 3.74. The van der Waals surface area contributed by atoms with Gasteiger partial charge in [0.1, 0.15) is 0 Å². The highest BCUT2D eigenvalue weighted by Crippen LogP contribution is 2.44. The van der Waals surface area contributed by atoms with Gasteiger partial charge in [0.15, 0.2) is 5.82 Å². The van der Waals surface area contributed by atoms with E-state index in [1.165, 1.54) is 5.30 Å². The quantitative estimate of drug-likeness (QED) is 0.722. The number of hydrogen-bond donors (Lipinski definition) is 0. The molecule has 0 bridgehead atoms. The highest BCUT2D eigenvalue weighted by molar-refractivity contribution is 7.80. The first-order valence-corrected chi connectivity index (χ1v) is 7.98. The van der Waals surface area contributed by atoms with E-state index in [0.29, 0.717) is 0 Å². The molecule has 0 aliphatic heterocycles. The lowest BCUT2D eigenvalue weighted by molar-refractivity contribution is 0.848. The molecule has 0 saturated carbocycles. The van der Waals surface area contributed by atoms with Crippen LogP contribution in [0.5, 0.6) is 0 Å². The summed E-state index contributed by atoms with van der Waals surface area (Å²) in [6, 6.07) is 6.13. The number of aromatic nitrogens is 3. The fourth-order valence-corrected chi connectivity index (χ4v) is 2.37. The first-order valence-electron chi connectivity index (χ1n) is 4.85. The maximum atomic E-state index is 4.31. The van der Waals surface area contributed by atoms with E-state index in [2.05, 4.69) is 42.2 Å². The van der Waals surface area contributed by atoms with Crippen molar-refractivity contribution in [3.8, 4) is 5.82 Å². The van der Waals surface area contributed by atoms with E-state index in [1.54, 1.807) is 10.9 Å². The van der Waals surface area contributed by atoms with Gasteiger partial charge in [-0.2, -0.15) is 5.10 Å². The van der Waals surface area contributed by atoms with Gasteiger partial charge >= 0.3 is 0 Å². The van der Waals surface area contributed by atoms with Crippen molar-refractivity contribution in [2.45, 2.75) is 0 Å². The van der Waals surface area contributed by atoms with Gasteiger partial charge in [0.2, 0.25) is 0 Å². The molecule has 2 aromatic heterocycles. The van der Waals surface area contributed by atoms with Crippen LogP contribution in [0.4, 0.5) is 0 Å². The van der Waals surface area contributed by atoms with Gasteiger partial charge in [-0.25, -0.2) is 9.67 Å². The molecular formula is C11H15N3P+. The van der Waals surface area contributed by atoms with Crippen LogP contribution in [0.3, 0.4) is 0 Å². The standard InChI is InChI=1S/C11H15N3P/c1-15(2,3)10-5-7-12-11(9-10)14-8-4-6-13-14/h4-9H,1-3H3/q+1. The summed E-state index contributed by atoms with van der Waals surface area (Å²) in [5, 5.41) is 5.55. The van der Waals surface area contributed by atoms with Crippen molar-refractivity contribution in [3.05, 3.63) is 36.8 Å². The third-order valence-corrected chi connectivity index (χ3v) is 4.07. The van der Waals surface area contributed by atoms with Crippen LogP contribution in [0, 0.1) is 0 Å². The van der Waals surface area contributed by atoms with Gasteiger partial charge in [0, 0.05) is 31.9 Å². The molecule has 2 heterocycles. The zero-order valence-corrected chi connectivity index (χ0v) is 10.1. The van der Waals surface area contributed by atoms with Crippen molar-refractivity contribution < 1.29 is 0 Å². The summed E-state index contributed by atoms with van der Waals surface area (Å²) < 4.78 is 1.79. The van der Waals surface area contributed by atoms with Crippen molar-refractivity contribution in [2.24, 2.45) is 0 Å². The second-order valence-electron chi connectivity index (χ2n) is 4.34. The molecule has 0 atom stereocenters. The molecule has 78 valence electrons. The largest absolute Gasteiger partial charge is 0.237 e. The van der Waals surface area contributed by atoms with Crippen molar-refractivity contribution in [3.63, 3.8) is 0 Å². The van der Waals surface area contributed by atoms with Crippen LogP contribution >= 0.6 is 7.26 Å². The number of hydrogen-bond acceptors (Lipinski definition) is 2. The van der Waals surface area contributed by atoms with Gasteiger partial charge in [-0.15, -0.1) is 0 Å². The van der Waals surface area contributed by atoms with Crippen LogP contribution in [0.2, 0.25) is 0 Å². The zero-order valence-electron chi connectivity index (χ0n) is 9.25. The Morgan fingerprint density at radius 2 is 2.00 bits per heavy atom. The average Bonchev–Trinajstić information content (AvgIpc) is 2.69. The van der Waals surface area contributed by atoms with E-state index < -0.39 is 7.26 Å². The SMILES string of the molecule is C[P+](C)(C)c1ccnc(-n2cccn2)c1. The van der Waals surface area contributed by atoms with Gasteiger partial charge in [0.05, 0.1) is 25.3 Å². The second-order valence-corrected chi connectivity index (χ2v) is 8.88. The van der Waals surface area contributed by atoms with Crippen LogP contribution in [0.1, 0.15) is 0 Å². The highest BCUT2D eigenvalue weighted by atomic mass is 31.2. The Kier molecular flexibility index (Phi) is 2.57. The molecule has 4 heteroatoms. The Hall–Kier alpha value is -1.21. The molecule has 0 spiro atoms. The summed E-state index contributed by atoms with van der Waals surface area (Å²) in [6.07, 6.45) is 5.53. The van der Waals surface area contributed by atoms with Gasteiger partial charge in [-0.05, 0) is 12.1 Å². The Labute approximate surface area is 90.5 Å².